The summed E-state index contributed by atoms with van der Waals surface area (Å²) < 4.78 is 4.95. The van der Waals surface area contributed by atoms with Crippen molar-refractivity contribution in [3.8, 4) is 0 Å². The molecule has 0 aromatic heterocycles. The van der Waals surface area contributed by atoms with Crippen LogP contribution in [0.1, 0.15) is 18.5 Å². The third-order valence-corrected chi connectivity index (χ3v) is 2.85. The number of carbonyl (C=O) groups excluding carboxylic acids is 3. The van der Waals surface area contributed by atoms with Crippen molar-refractivity contribution in [1.29, 1.82) is 0 Å². The van der Waals surface area contributed by atoms with Crippen LogP contribution in [0.4, 0.5) is 4.79 Å². The van der Waals surface area contributed by atoms with Crippen LogP contribution in [0.25, 0.3) is 0 Å². The van der Waals surface area contributed by atoms with E-state index in [1.54, 1.807) is 31.2 Å². The Hall–Kier alpha value is -2.63. The molecular weight excluding hydrogens is 260 g/mol. The first kappa shape index (κ1) is 13.8. The number of hydrogen-bond donors (Lipinski definition) is 2. The Morgan fingerprint density at radius 3 is 2.65 bits per heavy atom. The Morgan fingerprint density at radius 2 is 2.05 bits per heavy atom. The zero-order valence-corrected chi connectivity index (χ0v) is 10.9. The molecule has 0 saturated heterocycles. The Bertz CT molecular complexity index is 566. The lowest BCUT2D eigenvalue weighted by molar-refractivity contribution is -0.139. The number of carbonyl (C=O) groups is 3. The fourth-order valence-corrected chi connectivity index (χ4v) is 2.01. The van der Waals surface area contributed by atoms with E-state index in [-0.39, 0.29) is 17.9 Å². The van der Waals surface area contributed by atoms with Crippen LogP contribution in [0.5, 0.6) is 0 Å². The molecule has 0 spiro atoms. The number of hydrogen-bond acceptors (Lipinski definition) is 4. The maximum absolute atomic E-state index is 12.0. The maximum Gasteiger partial charge on any atom is 0.338 e. The quantitative estimate of drug-likeness (QED) is 0.635. The number of ether oxygens (including phenoxy) is 1. The SMILES string of the molecule is CCOC(=O)C1=C(C=O)NC(=O)NC1c1ccccc1. The van der Waals surface area contributed by atoms with Crippen molar-refractivity contribution in [3.63, 3.8) is 0 Å². The minimum Gasteiger partial charge on any atom is -0.463 e. The number of rotatable bonds is 4. The van der Waals surface area contributed by atoms with Gasteiger partial charge in [-0.05, 0) is 12.5 Å². The summed E-state index contributed by atoms with van der Waals surface area (Å²) in [7, 11) is 0. The molecule has 1 aromatic carbocycles. The van der Waals surface area contributed by atoms with E-state index in [1.165, 1.54) is 0 Å². The maximum atomic E-state index is 12.0. The van der Waals surface area contributed by atoms with Gasteiger partial charge in [-0.2, -0.15) is 0 Å². The van der Waals surface area contributed by atoms with Gasteiger partial charge in [-0.3, -0.25) is 4.79 Å². The van der Waals surface area contributed by atoms with Gasteiger partial charge in [0.15, 0.2) is 6.29 Å². The molecule has 0 bridgehead atoms. The van der Waals surface area contributed by atoms with Gasteiger partial charge < -0.3 is 15.4 Å². The molecule has 2 amide bonds. The van der Waals surface area contributed by atoms with Gasteiger partial charge in [0.1, 0.15) is 0 Å². The van der Waals surface area contributed by atoms with E-state index >= 15 is 0 Å². The van der Waals surface area contributed by atoms with E-state index in [2.05, 4.69) is 10.6 Å². The second kappa shape index (κ2) is 6.01. The second-order valence-electron chi connectivity index (χ2n) is 4.11. The topological polar surface area (TPSA) is 84.5 Å². The molecule has 1 heterocycles. The molecule has 2 rings (SSSR count). The summed E-state index contributed by atoms with van der Waals surface area (Å²) in [5.41, 5.74) is 0.735. The van der Waals surface area contributed by atoms with Gasteiger partial charge >= 0.3 is 12.0 Å². The van der Waals surface area contributed by atoms with Crippen molar-refractivity contribution < 1.29 is 19.1 Å². The Morgan fingerprint density at radius 1 is 1.35 bits per heavy atom. The van der Waals surface area contributed by atoms with Crippen molar-refractivity contribution in [2.45, 2.75) is 13.0 Å². The summed E-state index contributed by atoms with van der Waals surface area (Å²) in [4.78, 5) is 34.7. The molecule has 1 unspecified atom stereocenters. The third-order valence-electron chi connectivity index (χ3n) is 2.85. The number of esters is 1. The summed E-state index contributed by atoms with van der Waals surface area (Å²) in [6.07, 6.45) is 0.445. The minimum atomic E-state index is -0.704. The zero-order chi connectivity index (χ0) is 14.5. The van der Waals surface area contributed by atoms with E-state index < -0.39 is 18.0 Å². The third kappa shape index (κ3) is 2.69. The fourth-order valence-electron chi connectivity index (χ4n) is 2.01. The molecule has 1 atom stereocenters. The van der Waals surface area contributed by atoms with Crippen molar-refractivity contribution in [3.05, 3.63) is 47.2 Å². The lowest BCUT2D eigenvalue weighted by atomic mass is 9.95. The number of urea groups is 1. The Labute approximate surface area is 115 Å². The summed E-state index contributed by atoms with van der Waals surface area (Å²) in [6.45, 7) is 1.86. The minimum absolute atomic E-state index is 0.0685. The smallest absolute Gasteiger partial charge is 0.338 e. The van der Waals surface area contributed by atoms with Crippen molar-refractivity contribution in [1.82, 2.24) is 10.6 Å². The van der Waals surface area contributed by atoms with E-state index in [9.17, 15) is 14.4 Å². The largest absolute Gasteiger partial charge is 0.463 e. The van der Waals surface area contributed by atoms with Gasteiger partial charge in [0.05, 0.1) is 23.9 Å². The van der Waals surface area contributed by atoms with Crippen LogP contribution in [0.15, 0.2) is 41.6 Å². The Balaban J connectivity index is 2.49. The zero-order valence-electron chi connectivity index (χ0n) is 10.9. The van der Waals surface area contributed by atoms with Crippen LogP contribution in [-0.2, 0) is 14.3 Å². The molecule has 0 aliphatic carbocycles. The molecule has 104 valence electrons. The molecule has 1 aliphatic heterocycles. The monoisotopic (exact) mass is 274 g/mol. The van der Waals surface area contributed by atoms with Crippen LogP contribution < -0.4 is 10.6 Å². The van der Waals surface area contributed by atoms with Gasteiger partial charge in [0.2, 0.25) is 0 Å². The van der Waals surface area contributed by atoms with Gasteiger partial charge in [0.25, 0.3) is 0 Å². The van der Waals surface area contributed by atoms with Crippen LogP contribution in [0.3, 0.4) is 0 Å². The van der Waals surface area contributed by atoms with Crippen LogP contribution in [0.2, 0.25) is 0 Å². The average Bonchev–Trinajstić information content (AvgIpc) is 2.47. The van der Waals surface area contributed by atoms with Crippen molar-refractivity contribution in [2.75, 3.05) is 6.61 Å². The van der Waals surface area contributed by atoms with Crippen LogP contribution >= 0.6 is 0 Å². The summed E-state index contributed by atoms with van der Waals surface area (Å²) in [5.74, 6) is -0.629. The number of allylic oxidation sites excluding steroid dienone is 1. The highest BCUT2D eigenvalue weighted by atomic mass is 16.5. The molecule has 2 N–H and O–H groups in total. The number of aldehydes is 1. The highest BCUT2D eigenvalue weighted by molar-refractivity contribution is 6.01. The number of amides is 2. The Kier molecular flexibility index (Phi) is 4.14. The molecule has 1 aliphatic rings. The van der Waals surface area contributed by atoms with Crippen LogP contribution in [-0.4, -0.2) is 24.9 Å². The molecular formula is C14H14N2O4. The average molecular weight is 274 g/mol. The molecule has 0 fully saturated rings. The normalized spacial score (nSPS) is 18.1. The first-order chi connectivity index (χ1) is 9.67. The van der Waals surface area contributed by atoms with Gasteiger partial charge in [-0.1, -0.05) is 30.3 Å². The first-order valence-electron chi connectivity index (χ1n) is 6.16. The summed E-state index contributed by atoms with van der Waals surface area (Å²) >= 11 is 0. The number of nitrogens with one attached hydrogen (secondary N) is 2. The molecule has 0 radical (unpaired) electrons. The molecule has 20 heavy (non-hydrogen) atoms. The van der Waals surface area contributed by atoms with E-state index in [4.69, 9.17) is 4.74 Å². The molecule has 0 saturated carbocycles. The predicted octanol–water partition coefficient (Wildman–Crippen LogP) is 1.06. The van der Waals surface area contributed by atoms with Crippen LogP contribution in [0, 0.1) is 0 Å². The standard InChI is InChI=1S/C14H14N2O4/c1-2-20-13(18)11-10(8-17)15-14(19)16-12(11)9-6-4-3-5-7-9/h3-8,12H,2H2,1H3,(H2,15,16,19). The fraction of sp³-hybridized carbons (Fsp3) is 0.214. The molecule has 6 heteroatoms. The predicted molar refractivity (Wildman–Crippen MR) is 70.6 cm³/mol. The van der Waals surface area contributed by atoms with Crippen molar-refractivity contribution >= 4 is 18.3 Å². The second-order valence-corrected chi connectivity index (χ2v) is 4.11. The van der Waals surface area contributed by atoms with Gasteiger partial charge in [-0.15, -0.1) is 0 Å². The first-order valence-corrected chi connectivity index (χ1v) is 6.16. The number of benzene rings is 1. The van der Waals surface area contributed by atoms with Gasteiger partial charge in [0, 0.05) is 0 Å². The molecule has 1 aromatic rings. The lowest BCUT2D eigenvalue weighted by Gasteiger charge is -2.27. The van der Waals surface area contributed by atoms with E-state index in [0.717, 1.165) is 0 Å². The highest BCUT2D eigenvalue weighted by Gasteiger charge is 2.33. The summed E-state index contributed by atoms with van der Waals surface area (Å²) in [6, 6.07) is 7.68. The molecule has 6 nitrogen and oxygen atoms in total. The van der Waals surface area contributed by atoms with E-state index in [0.29, 0.717) is 11.8 Å². The van der Waals surface area contributed by atoms with Crippen molar-refractivity contribution in [2.24, 2.45) is 0 Å². The summed E-state index contributed by atoms with van der Waals surface area (Å²) in [5, 5.41) is 4.93. The van der Waals surface area contributed by atoms with E-state index in [1.807, 2.05) is 6.07 Å². The van der Waals surface area contributed by atoms with Gasteiger partial charge in [-0.25, -0.2) is 9.59 Å². The lowest BCUT2D eigenvalue weighted by Crippen LogP contribution is -2.46. The highest BCUT2D eigenvalue weighted by Crippen LogP contribution is 2.26.